The molecule has 44 heavy (non-hydrogen) atoms. The number of aryl methyl sites for hydroxylation is 1. The Kier molecular flexibility index (Phi) is 12.9. The molecule has 0 radical (unpaired) electrons. The average Bonchev–Trinajstić information content (AvgIpc) is 2.98. The van der Waals surface area contributed by atoms with E-state index in [1.54, 1.807) is 20.8 Å². The second kappa shape index (κ2) is 16.1. The molecule has 244 valence electrons. The van der Waals surface area contributed by atoms with Crippen LogP contribution in [0.4, 0.5) is 4.79 Å². The molecule has 1 fully saturated rings. The summed E-state index contributed by atoms with van der Waals surface area (Å²) in [5.74, 6) is 0.765. The molecule has 2 heterocycles. The van der Waals surface area contributed by atoms with Crippen LogP contribution in [-0.4, -0.2) is 60.8 Å². The fraction of sp³-hybridized carbons (Fsp3) is 0.600. The van der Waals surface area contributed by atoms with E-state index in [1.807, 2.05) is 39.8 Å². The number of nitrogens with one attached hydrogen (secondary N) is 1. The number of rotatable bonds is 9. The van der Waals surface area contributed by atoms with Crippen molar-refractivity contribution in [2.45, 2.75) is 111 Å². The number of hydrogen-bond acceptors (Lipinski definition) is 8. The number of alkyl carbamates (subject to hydrolysis) is 1. The first-order valence-corrected chi connectivity index (χ1v) is 15.9. The third-order valence-electron chi connectivity index (χ3n) is 7.37. The average molecular weight is 614 g/mol. The van der Waals surface area contributed by atoms with Gasteiger partial charge in [0.05, 0.1) is 18.3 Å². The summed E-state index contributed by atoms with van der Waals surface area (Å²) in [5.41, 5.74) is 3.84. The molecular formula is C35H51NO8. The van der Waals surface area contributed by atoms with Gasteiger partial charge in [0.15, 0.2) is 11.5 Å². The molecule has 2 aromatic rings. The highest BCUT2D eigenvalue weighted by Crippen LogP contribution is 2.35. The Hall–Kier alpha value is -3.30. The predicted octanol–water partition coefficient (Wildman–Crippen LogP) is 6.31. The van der Waals surface area contributed by atoms with Gasteiger partial charge >= 0.3 is 12.1 Å². The van der Waals surface area contributed by atoms with E-state index >= 15 is 0 Å². The number of esters is 1. The van der Waals surface area contributed by atoms with Crippen molar-refractivity contribution in [3.63, 3.8) is 0 Å². The molecule has 2 aliphatic rings. The number of amides is 1. The lowest BCUT2D eigenvalue weighted by Gasteiger charge is -2.34. The second-order valence-corrected chi connectivity index (χ2v) is 12.4. The molecule has 4 rings (SSSR count). The van der Waals surface area contributed by atoms with Crippen LogP contribution < -0.4 is 14.8 Å². The van der Waals surface area contributed by atoms with E-state index in [9.17, 15) is 14.7 Å². The molecule has 0 saturated carbocycles. The zero-order valence-electron chi connectivity index (χ0n) is 27.6. The van der Waals surface area contributed by atoms with Gasteiger partial charge in [-0.15, -0.1) is 0 Å². The number of aliphatic hydroxyl groups excluding tert-OH is 1. The zero-order chi connectivity index (χ0) is 32.4. The minimum Gasteiger partial charge on any atom is -0.486 e. The van der Waals surface area contributed by atoms with Crippen LogP contribution in [0.3, 0.4) is 0 Å². The summed E-state index contributed by atoms with van der Waals surface area (Å²) in [6, 6.07) is 11.5. The summed E-state index contributed by atoms with van der Waals surface area (Å²) in [7, 11) is 0. The maximum atomic E-state index is 12.9. The van der Waals surface area contributed by atoms with Gasteiger partial charge in [-0.25, -0.2) is 9.59 Å². The number of carbonyl (C=O) groups is 2. The molecule has 2 N–H and O–H groups in total. The van der Waals surface area contributed by atoms with Crippen molar-refractivity contribution in [1.82, 2.24) is 5.32 Å². The molecule has 9 heteroatoms. The van der Waals surface area contributed by atoms with Crippen molar-refractivity contribution >= 4 is 12.1 Å². The first-order chi connectivity index (χ1) is 20.9. The standard InChI is InChI=1S/C33H45NO8.C2H6/c1-7-22-9-10-23(16-24(22)14-21-8-11-27-29(15-21)39-13-12-38-27)28-18-25(35)17-26(41-28)19-40-31(36)30(20(2)3)34-32(37)42-33(4,5)6;1-2/h8-11,15-16,20,25-26,28,30,35H,7,12-14,17-19H2,1-6H3,(H,34,37);1-2H3. The van der Waals surface area contributed by atoms with Crippen LogP contribution in [0.1, 0.15) is 96.6 Å². The molecule has 1 amide bonds. The van der Waals surface area contributed by atoms with E-state index in [4.69, 9.17) is 23.7 Å². The van der Waals surface area contributed by atoms with Crippen molar-refractivity contribution in [3.8, 4) is 11.5 Å². The highest BCUT2D eigenvalue weighted by atomic mass is 16.6. The monoisotopic (exact) mass is 613 g/mol. The largest absolute Gasteiger partial charge is 0.486 e. The Balaban J connectivity index is 0.00000259. The first kappa shape index (κ1) is 35.2. The third-order valence-corrected chi connectivity index (χ3v) is 7.37. The molecule has 0 spiro atoms. The maximum absolute atomic E-state index is 12.9. The van der Waals surface area contributed by atoms with Crippen LogP contribution >= 0.6 is 0 Å². The van der Waals surface area contributed by atoms with Gasteiger partial charge in [-0.05, 0) is 73.9 Å². The number of carbonyl (C=O) groups excluding carboxylic acids is 2. The topological polar surface area (TPSA) is 113 Å². The lowest BCUT2D eigenvalue weighted by atomic mass is 9.91. The molecule has 4 unspecified atom stereocenters. The number of aliphatic hydroxyl groups is 1. The SMILES string of the molecule is CC.CCc1ccc(C2CC(O)CC(COC(=O)C(NC(=O)OC(C)(C)C)C(C)C)O2)cc1Cc1ccc2c(c1)OCCO2. The molecular weight excluding hydrogens is 562 g/mol. The normalized spacial score (nSPS) is 20.2. The summed E-state index contributed by atoms with van der Waals surface area (Å²) < 4.78 is 28.7. The van der Waals surface area contributed by atoms with Gasteiger partial charge in [-0.2, -0.15) is 0 Å². The molecule has 1 saturated heterocycles. The van der Waals surface area contributed by atoms with E-state index in [1.165, 1.54) is 11.1 Å². The second-order valence-electron chi connectivity index (χ2n) is 12.4. The van der Waals surface area contributed by atoms with Gasteiger partial charge in [0.1, 0.15) is 31.5 Å². The number of benzene rings is 2. The highest BCUT2D eigenvalue weighted by Gasteiger charge is 2.33. The highest BCUT2D eigenvalue weighted by molar-refractivity contribution is 5.81. The summed E-state index contributed by atoms with van der Waals surface area (Å²) in [6.45, 7) is 16.1. The fourth-order valence-electron chi connectivity index (χ4n) is 5.28. The zero-order valence-corrected chi connectivity index (χ0v) is 27.6. The number of ether oxygens (including phenoxy) is 5. The molecule has 9 nitrogen and oxygen atoms in total. The fourth-order valence-corrected chi connectivity index (χ4v) is 5.28. The van der Waals surface area contributed by atoms with Crippen LogP contribution in [0.25, 0.3) is 0 Å². The van der Waals surface area contributed by atoms with E-state index in [0.717, 1.165) is 35.5 Å². The molecule has 2 aliphatic heterocycles. The summed E-state index contributed by atoms with van der Waals surface area (Å²) in [6.07, 6.45) is 0.325. The first-order valence-electron chi connectivity index (χ1n) is 15.9. The lowest BCUT2D eigenvalue weighted by Crippen LogP contribution is -2.48. The minimum absolute atomic E-state index is 0.0251. The molecule has 0 bridgehead atoms. The van der Waals surface area contributed by atoms with E-state index < -0.39 is 35.9 Å². The molecule has 4 atom stereocenters. The van der Waals surface area contributed by atoms with Crippen molar-refractivity contribution in [2.75, 3.05) is 19.8 Å². The van der Waals surface area contributed by atoms with Crippen LogP contribution in [0.15, 0.2) is 36.4 Å². The number of fused-ring (bicyclic) bond motifs is 1. The molecule has 0 aliphatic carbocycles. The van der Waals surface area contributed by atoms with Crippen molar-refractivity contribution in [2.24, 2.45) is 5.92 Å². The van der Waals surface area contributed by atoms with Gasteiger partial charge in [0.25, 0.3) is 0 Å². The molecule has 0 aromatic heterocycles. The minimum atomic E-state index is -0.867. The Bertz CT molecular complexity index is 1240. The smallest absolute Gasteiger partial charge is 0.408 e. The third kappa shape index (κ3) is 10.1. The summed E-state index contributed by atoms with van der Waals surface area (Å²) in [5, 5.41) is 13.3. The van der Waals surface area contributed by atoms with Gasteiger partial charge in [-0.3, -0.25) is 0 Å². The summed E-state index contributed by atoms with van der Waals surface area (Å²) >= 11 is 0. The Morgan fingerprint density at radius 2 is 1.70 bits per heavy atom. The van der Waals surface area contributed by atoms with Crippen molar-refractivity contribution < 1.29 is 38.4 Å². The van der Waals surface area contributed by atoms with Crippen molar-refractivity contribution in [3.05, 3.63) is 58.7 Å². The van der Waals surface area contributed by atoms with E-state index in [2.05, 4.69) is 36.5 Å². The Morgan fingerprint density at radius 1 is 1.00 bits per heavy atom. The van der Waals surface area contributed by atoms with E-state index in [-0.39, 0.29) is 18.6 Å². The van der Waals surface area contributed by atoms with Crippen molar-refractivity contribution in [1.29, 1.82) is 0 Å². The summed E-state index contributed by atoms with van der Waals surface area (Å²) in [4.78, 5) is 25.2. The van der Waals surface area contributed by atoms with Gasteiger partial charge in [0, 0.05) is 12.8 Å². The Labute approximate surface area is 262 Å². The quantitative estimate of drug-likeness (QED) is 0.317. The van der Waals surface area contributed by atoms with Gasteiger partial charge < -0.3 is 34.1 Å². The predicted molar refractivity (Wildman–Crippen MR) is 169 cm³/mol. The maximum Gasteiger partial charge on any atom is 0.408 e. The van der Waals surface area contributed by atoms with Gasteiger partial charge in [0.2, 0.25) is 0 Å². The van der Waals surface area contributed by atoms with Crippen LogP contribution in [-0.2, 0) is 31.8 Å². The van der Waals surface area contributed by atoms with Gasteiger partial charge in [-0.1, -0.05) is 58.9 Å². The van der Waals surface area contributed by atoms with Crippen LogP contribution in [0, 0.1) is 5.92 Å². The van der Waals surface area contributed by atoms with Crippen LogP contribution in [0.5, 0.6) is 11.5 Å². The Morgan fingerprint density at radius 3 is 2.36 bits per heavy atom. The lowest BCUT2D eigenvalue weighted by molar-refractivity contribution is -0.160. The van der Waals surface area contributed by atoms with E-state index in [0.29, 0.717) is 26.1 Å². The molecule has 2 aromatic carbocycles. The van der Waals surface area contributed by atoms with Crippen LogP contribution in [0.2, 0.25) is 0 Å². The number of hydrogen-bond donors (Lipinski definition) is 2.